The number of aromatic nitrogens is 3. The zero-order chi connectivity index (χ0) is 25.2. The molecule has 1 amide bonds. The average Bonchev–Trinajstić information content (AvgIpc) is 3.32. The van der Waals surface area contributed by atoms with Gasteiger partial charge in [0.25, 0.3) is 0 Å². The highest BCUT2D eigenvalue weighted by Gasteiger charge is 2.35. The van der Waals surface area contributed by atoms with Gasteiger partial charge in [-0.3, -0.25) is 4.79 Å². The summed E-state index contributed by atoms with van der Waals surface area (Å²) in [6, 6.07) is 17.0. The van der Waals surface area contributed by atoms with Gasteiger partial charge >= 0.3 is 0 Å². The molecular weight excluding hydrogens is 478 g/mol. The van der Waals surface area contributed by atoms with Crippen molar-refractivity contribution in [3.05, 3.63) is 83.3 Å². The van der Waals surface area contributed by atoms with Crippen LogP contribution < -0.4 is 10.2 Å². The van der Waals surface area contributed by atoms with E-state index in [1.54, 1.807) is 16.6 Å². The van der Waals surface area contributed by atoms with Crippen LogP contribution in [0.5, 0.6) is 0 Å². The average molecular weight is 506 g/mol. The maximum atomic E-state index is 12.9. The number of carbonyl (C=O) groups excluding carboxylic acids is 1. The molecule has 0 spiro atoms. The van der Waals surface area contributed by atoms with Crippen LogP contribution in [-0.4, -0.2) is 50.4 Å². The Kier molecular flexibility index (Phi) is 6.91. The van der Waals surface area contributed by atoms with Crippen molar-refractivity contribution >= 4 is 28.8 Å². The summed E-state index contributed by atoms with van der Waals surface area (Å²) in [6.45, 7) is 2.91. The van der Waals surface area contributed by atoms with Crippen molar-refractivity contribution in [2.45, 2.75) is 25.5 Å². The lowest BCUT2D eigenvalue weighted by molar-refractivity contribution is -0.126. The molecule has 1 aliphatic heterocycles. The summed E-state index contributed by atoms with van der Waals surface area (Å²) in [6.07, 6.45) is 3.36. The number of hydrogen-bond acceptors (Lipinski definition) is 6. The molecule has 9 heteroatoms. The molecule has 1 aliphatic rings. The molecule has 36 heavy (non-hydrogen) atoms. The van der Waals surface area contributed by atoms with E-state index in [1.165, 1.54) is 6.33 Å². The van der Waals surface area contributed by atoms with Crippen molar-refractivity contribution in [2.75, 3.05) is 24.6 Å². The third-order valence-electron chi connectivity index (χ3n) is 6.74. The van der Waals surface area contributed by atoms with E-state index in [0.29, 0.717) is 23.7 Å². The molecule has 186 valence electrons. The number of carbonyl (C=O) groups is 1. The fourth-order valence-corrected chi connectivity index (χ4v) is 4.67. The van der Waals surface area contributed by atoms with Crippen molar-refractivity contribution in [3.63, 3.8) is 0 Å². The molecule has 5 rings (SSSR count). The van der Waals surface area contributed by atoms with Gasteiger partial charge in [0.15, 0.2) is 5.82 Å². The normalized spacial score (nSPS) is 15.5. The van der Waals surface area contributed by atoms with Gasteiger partial charge in [-0.05, 0) is 41.3 Å². The number of hydrogen-bond donors (Lipinski definition) is 3. The lowest BCUT2D eigenvalue weighted by Gasteiger charge is -2.39. The largest absolute Gasteiger partial charge is 0.393 e. The highest BCUT2D eigenvalue weighted by Crippen LogP contribution is 2.31. The first-order valence-corrected chi connectivity index (χ1v) is 12.4. The van der Waals surface area contributed by atoms with Gasteiger partial charge in [0.1, 0.15) is 17.9 Å². The van der Waals surface area contributed by atoms with Crippen LogP contribution in [0, 0.1) is 5.92 Å². The number of fused-ring (bicyclic) bond motifs is 1. The Bertz CT molecular complexity index is 1350. The van der Waals surface area contributed by atoms with Crippen molar-refractivity contribution in [1.29, 1.82) is 0 Å². The predicted molar refractivity (Wildman–Crippen MR) is 139 cm³/mol. The van der Waals surface area contributed by atoms with Gasteiger partial charge in [-0.15, -0.1) is 0 Å². The van der Waals surface area contributed by atoms with Crippen LogP contribution >= 0.6 is 11.6 Å². The summed E-state index contributed by atoms with van der Waals surface area (Å²) in [5.41, 5.74) is 4.50. The number of benzene rings is 2. The minimum absolute atomic E-state index is 0.0411. The fourth-order valence-electron chi connectivity index (χ4n) is 4.54. The lowest BCUT2D eigenvalue weighted by atomic mass is 9.97. The van der Waals surface area contributed by atoms with E-state index in [0.717, 1.165) is 34.4 Å². The molecule has 2 aromatic carbocycles. The lowest BCUT2D eigenvalue weighted by Crippen LogP contribution is -2.54. The monoisotopic (exact) mass is 505 g/mol. The number of halogens is 1. The highest BCUT2D eigenvalue weighted by molar-refractivity contribution is 6.30. The van der Waals surface area contributed by atoms with Gasteiger partial charge in [-0.25, -0.2) is 9.50 Å². The number of rotatable bonds is 8. The standard InChI is InChI=1S/C27H28ClN5O3/c1-2-23(18-7-9-22(28)10-8-18)31-27(36)21-12-32(13-21)26-24-11-20(14-33(24)30-16-29-26)17-3-5-19(6-4-17)25(35)15-34/h3-11,14,16,21,23,25,34-35H,2,12-13,15H2,1H3,(H,31,36)/t23-,25+/m0/s1. The summed E-state index contributed by atoms with van der Waals surface area (Å²) in [4.78, 5) is 19.5. The van der Waals surface area contributed by atoms with Crippen LogP contribution in [0.1, 0.15) is 36.6 Å². The first-order valence-electron chi connectivity index (χ1n) is 12.0. The van der Waals surface area contributed by atoms with Crippen molar-refractivity contribution in [3.8, 4) is 11.1 Å². The van der Waals surface area contributed by atoms with Gasteiger partial charge in [0, 0.05) is 29.9 Å². The van der Waals surface area contributed by atoms with Crippen molar-refractivity contribution in [1.82, 2.24) is 19.9 Å². The molecule has 2 atom stereocenters. The molecule has 1 saturated heterocycles. The molecule has 0 aliphatic carbocycles. The zero-order valence-electron chi connectivity index (χ0n) is 19.9. The quantitative estimate of drug-likeness (QED) is 0.337. The van der Waals surface area contributed by atoms with Crippen LogP contribution in [0.25, 0.3) is 16.6 Å². The third kappa shape index (κ3) is 4.80. The maximum absolute atomic E-state index is 12.9. The van der Waals surface area contributed by atoms with E-state index >= 15 is 0 Å². The van der Waals surface area contributed by atoms with Crippen LogP contribution in [0.4, 0.5) is 5.82 Å². The fraction of sp³-hybridized carbons (Fsp3) is 0.296. The van der Waals surface area contributed by atoms with Crippen LogP contribution in [0.3, 0.4) is 0 Å². The number of nitrogens with one attached hydrogen (secondary N) is 1. The summed E-state index contributed by atoms with van der Waals surface area (Å²) in [7, 11) is 0. The second-order valence-electron chi connectivity index (χ2n) is 9.09. The second-order valence-corrected chi connectivity index (χ2v) is 9.52. The topological polar surface area (TPSA) is 103 Å². The number of anilines is 1. The van der Waals surface area contributed by atoms with Crippen LogP contribution in [0.2, 0.25) is 5.02 Å². The first-order chi connectivity index (χ1) is 17.5. The molecule has 0 unspecified atom stereocenters. The minimum Gasteiger partial charge on any atom is -0.393 e. The molecule has 8 nitrogen and oxygen atoms in total. The van der Waals surface area contributed by atoms with E-state index in [2.05, 4.69) is 27.2 Å². The van der Waals surface area contributed by atoms with Gasteiger partial charge in [0.2, 0.25) is 5.91 Å². The number of aliphatic hydroxyl groups excluding tert-OH is 2. The Balaban J connectivity index is 1.27. The molecule has 2 aromatic heterocycles. The number of amides is 1. The van der Waals surface area contributed by atoms with Crippen molar-refractivity contribution in [2.24, 2.45) is 5.92 Å². The Morgan fingerprint density at radius 1 is 1.11 bits per heavy atom. The summed E-state index contributed by atoms with van der Waals surface area (Å²) >= 11 is 6.00. The van der Waals surface area contributed by atoms with E-state index < -0.39 is 6.10 Å². The molecule has 3 N–H and O–H groups in total. The molecule has 4 aromatic rings. The Hall–Kier alpha value is -3.46. The smallest absolute Gasteiger partial charge is 0.227 e. The molecule has 1 fully saturated rings. The molecular formula is C27H28ClN5O3. The minimum atomic E-state index is -0.889. The summed E-state index contributed by atoms with van der Waals surface area (Å²) in [5, 5.41) is 27.2. The van der Waals surface area contributed by atoms with Gasteiger partial charge in [-0.2, -0.15) is 5.10 Å². The van der Waals surface area contributed by atoms with Crippen LogP contribution in [-0.2, 0) is 4.79 Å². The number of aliphatic hydroxyl groups is 2. The van der Waals surface area contributed by atoms with Crippen LogP contribution in [0.15, 0.2) is 67.1 Å². The van der Waals surface area contributed by atoms with E-state index in [4.69, 9.17) is 16.7 Å². The first kappa shape index (κ1) is 24.2. The number of nitrogens with zero attached hydrogens (tertiary/aromatic N) is 4. The second kappa shape index (κ2) is 10.3. The zero-order valence-corrected chi connectivity index (χ0v) is 20.6. The Morgan fingerprint density at radius 2 is 1.81 bits per heavy atom. The third-order valence-corrected chi connectivity index (χ3v) is 6.99. The summed E-state index contributed by atoms with van der Waals surface area (Å²) < 4.78 is 1.79. The Labute approximate surface area is 214 Å². The molecule has 0 saturated carbocycles. The van der Waals surface area contributed by atoms with Crippen molar-refractivity contribution < 1.29 is 15.0 Å². The van der Waals surface area contributed by atoms with Gasteiger partial charge in [0.05, 0.1) is 18.6 Å². The highest BCUT2D eigenvalue weighted by atomic mass is 35.5. The molecule has 3 heterocycles. The predicted octanol–water partition coefficient (Wildman–Crippen LogP) is 3.78. The van der Waals surface area contributed by atoms with E-state index in [-0.39, 0.29) is 24.5 Å². The van der Waals surface area contributed by atoms with Gasteiger partial charge in [-0.1, -0.05) is 54.9 Å². The summed E-state index contributed by atoms with van der Waals surface area (Å²) in [5.74, 6) is 0.720. The molecule has 0 radical (unpaired) electrons. The van der Waals surface area contributed by atoms with E-state index in [1.807, 2.05) is 48.7 Å². The Morgan fingerprint density at radius 3 is 2.47 bits per heavy atom. The van der Waals surface area contributed by atoms with E-state index in [9.17, 15) is 9.90 Å². The maximum Gasteiger partial charge on any atom is 0.227 e. The SMILES string of the molecule is CC[C@H](NC(=O)C1CN(c2ncnn3cc(-c4ccc([C@H](O)CO)cc4)cc23)C1)c1ccc(Cl)cc1. The van der Waals surface area contributed by atoms with Gasteiger partial charge < -0.3 is 20.4 Å². The molecule has 0 bridgehead atoms.